The van der Waals surface area contributed by atoms with Gasteiger partial charge >= 0.3 is 13.7 Å². The van der Waals surface area contributed by atoms with Gasteiger partial charge in [0.1, 0.15) is 0 Å². The third-order valence-corrected chi connectivity index (χ3v) is 1.97. The summed E-state index contributed by atoms with van der Waals surface area (Å²) >= 11 is 0. The molecule has 0 fully saturated rings. The molecule has 1 atom stereocenters. The van der Waals surface area contributed by atoms with Crippen LogP contribution in [0.2, 0.25) is 0 Å². The first-order chi connectivity index (χ1) is 5.12. The molecule has 0 aromatic heterocycles. The predicted molar refractivity (Wildman–Crippen MR) is 44.4 cm³/mol. The number of carbonyl (C=O) groups is 1. The summed E-state index contributed by atoms with van der Waals surface area (Å²) in [7, 11) is -3.72. The number of nitrogens with two attached hydrogens (primary N) is 1. The van der Waals surface area contributed by atoms with E-state index in [1.165, 1.54) is 0 Å². The average Bonchev–Trinajstić information content (AvgIpc) is 1.48. The van der Waals surface area contributed by atoms with Gasteiger partial charge in [-0.2, -0.15) is 0 Å². The highest BCUT2D eigenvalue weighted by Gasteiger charge is 2.28. The summed E-state index contributed by atoms with van der Waals surface area (Å²) in [4.78, 5) is 10.4. The first-order valence-electron chi connectivity index (χ1n) is 3.42. The molecular weight excluding hydrogens is 181 g/mol. The van der Waals surface area contributed by atoms with Gasteiger partial charge < -0.3 is 4.52 Å². The quantitative estimate of drug-likeness (QED) is 0.674. The molecule has 0 aliphatic rings. The van der Waals surface area contributed by atoms with Crippen molar-refractivity contribution < 1.29 is 18.4 Å². The van der Waals surface area contributed by atoms with Crippen molar-refractivity contribution in [2.75, 3.05) is 0 Å². The Morgan fingerprint density at radius 2 is 1.83 bits per heavy atom. The van der Waals surface area contributed by atoms with Crippen molar-refractivity contribution in [3.8, 4) is 0 Å². The van der Waals surface area contributed by atoms with Crippen LogP contribution < -0.4 is 5.50 Å². The zero-order chi connectivity index (χ0) is 9.99. The van der Waals surface area contributed by atoms with Crippen molar-refractivity contribution >= 4 is 13.7 Å². The molecule has 5 nitrogen and oxygen atoms in total. The van der Waals surface area contributed by atoms with E-state index in [4.69, 9.17) is 10.0 Å². The number of hydrogen-bond acceptors (Lipinski definition) is 4. The lowest BCUT2D eigenvalue weighted by atomic mass is 10.2. The van der Waals surface area contributed by atoms with E-state index < -0.39 is 19.3 Å². The first kappa shape index (κ1) is 11.6. The Labute approximate surface area is 71.8 Å². The lowest BCUT2D eigenvalue weighted by Crippen LogP contribution is -2.21. The standard InChI is InChI=1S/C6H14NO4P/c1-5(8)10-12(7,9)11-6(2,3)4/h1-4H3,(H2,7,9). The fourth-order valence-electron chi connectivity index (χ4n) is 0.580. The lowest BCUT2D eigenvalue weighted by molar-refractivity contribution is -0.132. The van der Waals surface area contributed by atoms with E-state index >= 15 is 0 Å². The Hall–Kier alpha value is -0.380. The Morgan fingerprint density at radius 1 is 1.42 bits per heavy atom. The highest BCUT2D eigenvalue weighted by atomic mass is 31.2. The van der Waals surface area contributed by atoms with E-state index in [1.807, 2.05) is 0 Å². The van der Waals surface area contributed by atoms with Crippen molar-refractivity contribution in [2.24, 2.45) is 5.50 Å². The van der Waals surface area contributed by atoms with Crippen LogP contribution in [0, 0.1) is 0 Å². The maximum atomic E-state index is 11.2. The minimum atomic E-state index is -3.72. The van der Waals surface area contributed by atoms with Gasteiger partial charge in [0.25, 0.3) is 0 Å². The number of rotatable bonds is 2. The van der Waals surface area contributed by atoms with E-state index in [0.717, 1.165) is 6.92 Å². The Bertz CT molecular complexity index is 220. The molecule has 0 aromatic carbocycles. The monoisotopic (exact) mass is 195 g/mol. The second-order valence-corrected chi connectivity index (χ2v) is 4.77. The molecule has 72 valence electrons. The SMILES string of the molecule is CC(=O)OP(N)(=O)OC(C)(C)C. The molecule has 0 spiro atoms. The van der Waals surface area contributed by atoms with Crippen LogP contribution in [0.5, 0.6) is 0 Å². The van der Waals surface area contributed by atoms with Gasteiger partial charge in [-0.1, -0.05) is 0 Å². The molecule has 0 saturated heterocycles. The van der Waals surface area contributed by atoms with Crippen LogP contribution in [0.3, 0.4) is 0 Å². The Balaban J connectivity index is 4.24. The number of hydrogen-bond donors (Lipinski definition) is 1. The average molecular weight is 195 g/mol. The van der Waals surface area contributed by atoms with Crippen molar-refractivity contribution in [2.45, 2.75) is 33.3 Å². The number of carbonyl (C=O) groups excluding carboxylic acids is 1. The second-order valence-electron chi connectivity index (χ2n) is 3.33. The normalized spacial score (nSPS) is 16.8. The summed E-state index contributed by atoms with van der Waals surface area (Å²) < 4.78 is 20.3. The Kier molecular flexibility index (Phi) is 3.45. The summed E-state index contributed by atoms with van der Waals surface area (Å²) in [5.41, 5.74) is 4.40. The van der Waals surface area contributed by atoms with Crippen LogP contribution in [0.1, 0.15) is 27.7 Å². The van der Waals surface area contributed by atoms with Gasteiger partial charge in [0.15, 0.2) is 0 Å². The zero-order valence-corrected chi connectivity index (χ0v) is 8.55. The smallest absolute Gasteiger partial charge is 0.380 e. The molecule has 0 saturated carbocycles. The third kappa shape index (κ3) is 6.34. The minimum absolute atomic E-state index is 0.695. The molecule has 0 amide bonds. The van der Waals surface area contributed by atoms with Gasteiger partial charge in [0.05, 0.1) is 5.60 Å². The molecule has 1 unspecified atom stereocenters. The maximum Gasteiger partial charge on any atom is 0.458 e. The summed E-state index contributed by atoms with van der Waals surface area (Å²) in [6, 6.07) is 0. The summed E-state index contributed by atoms with van der Waals surface area (Å²) in [6.07, 6.45) is 0. The highest BCUT2D eigenvalue weighted by Crippen LogP contribution is 2.43. The minimum Gasteiger partial charge on any atom is -0.380 e. The van der Waals surface area contributed by atoms with Crippen LogP contribution in [0.4, 0.5) is 0 Å². The molecule has 6 heteroatoms. The first-order valence-corrected chi connectivity index (χ1v) is 5.03. The molecule has 12 heavy (non-hydrogen) atoms. The van der Waals surface area contributed by atoms with Gasteiger partial charge in [0, 0.05) is 6.92 Å². The van der Waals surface area contributed by atoms with E-state index in [9.17, 15) is 9.36 Å². The lowest BCUT2D eigenvalue weighted by Gasteiger charge is -2.22. The van der Waals surface area contributed by atoms with Crippen LogP contribution in [-0.4, -0.2) is 11.6 Å². The molecule has 0 heterocycles. The fraction of sp³-hybridized carbons (Fsp3) is 0.833. The molecule has 0 aliphatic heterocycles. The van der Waals surface area contributed by atoms with Crippen molar-refractivity contribution in [1.29, 1.82) is 0 Å². The van der Waals surface area contributed by atoms with Crippen LogP contribution >= 0.6 is 7.75 Å². The summed E-state index contributed by atoms with van der Waals surface area (Å²) in [6.45, 7) is 6.10. The summed E-state index contributed by atoms with van der Waals surface area (Å²) in [5.74, 6) is -0.718. The van der Waals surface area contributed by atoms with Gasteiger partial charge in [-0.05, 0) is 20.8 Å². The fourth-order valence-corrected chi connectivity index (χ4v) is 1.74. The van der Waals surface area contributed by atoms with E-state index in [1.54, 1.807) is 20.8 Å². The maximum absolute atomic E-state index is 11.2. The second kappa shape index (κ2) is 3.56. The van der Waals surface area contributed by atoms with Gasteiger partial charge in [0.2, 0.25) is 0 Å². The zero-order valence-electron chi connectivity index (χ0n) is 7.66. The van der Waals surface area contributed by atoms with Crippen LogP contribution in [-0.2, 0) is 18.4 Å². The summed E-state index contributed by atoms with van der Waals surface area (Å²) in [5, 5.41) is 0. The van der Waals surface area contributed by atoms with E-state index in [-0.39, 0.29) is 0 Å². The predicted octanol–water partition coefficient (Wildman–Crippen LogP) is 1.43. The van der Waals surface area contributed by atoms with Gasteiger partial charge in [-0.3, -0.25) is 9.32 Å². The highest BCUT2D eigenvalue weighted by molar-refractivity contribution is 7.51. The molecule has 0 aliphatic carbocycles. The van der Waals surface area contributed by atoms with E-state index in [0.29, 0.717) is 0 Å². The van der Waals surface area contributed by atoms with Crippen molar-refractivity contribution in [1.82, 2.24) is 0 Å². The van der Waals surface area contributed by atoms with Crippen LogP contribution in [0.25, 0.3) is 0 Å². The van der Waals surface area contributed by atoms with Gasteiger partial charge in [-0.25, -0.2) is 10.1 Å². The molecular formula is C6H14NO4P. The topological polar surface area (TPSA) is 78.6 Å². The van der Waals surface area contributed by atoms with Crippen molar-refractivity contribution in [3.63, 3.8) is 0 Å². The van der Waals surface area contributed by atoms with Crippen LogP contribution in [0.15, 0.2) is 0 Å². The molecule has 0 rings (SSSR count). The molecule has 0 bridgehead atoms. The van der Waals surface area contributed by atoms with E-state index in [2.05, 4.69) is 4.52 Å². The molecule has 2 N–H and O–H groups in total. The Morgan fingerprint density at radius 3 is 2.08 bits per heavy atom. The largest absolute Gasteiger partial charge is 0.458 e. The molecule has 0 radical (unpaired) electrons. The van der Waals surface area contributed by atoms with Crippen molar-refractivity contribution in [3.05, 3.63) is 0 Å². The molecule has 0 aromatic rings. The third-order valence-electron chi connectivity index (χ3n) is 0.657. The van der Waals surface area contributed by atoms with Gasteiger partial charge in [-0.15, -0.1) is 0 Å².